The van der Waals surface area contributed by atoms with Crippen LogP contribution in [0.25, 0.3) is 0 Å². The molecule has 2 aromatic rings. The molecule has 0 bridgehead atoms. The largest absolute Gasteiger partial charge is 0.494 e. The molecule has 0 aliphatic carbocycles. The first kappa shape index (κ1) is 25.9. The Hall–Kier alpha value is -3.39. The van der Waals surface area contributed by atoms with Gasteiger partial charge in [-0.05, 0) is 49.6 Å². The van der Waals surface area contributed by atoms with Gasteiger partial charge in [0.2, 0.25) is 5.91 Å². The molecule has 1 saturated heterocycles. The van der Waals surface area contributed by atoms with Crippen LogP contribution >= 0.6 is 0 Å². The quantitative estimate of drug-likeness (QED) is 0.617. The fourth-order valence-electron chi connectivity index (χ4n) is 3.76. The monoisotopic (exact) mass is 456 g/mol. The second kappa shape index (κ2) is 13.2. The molecule has 0 radical (unpaired) electrons. The van der Waals surface area contributed by atoms with Crippen molar-refractivity contribution in [2.24, 2.45) is 5.92 Å². The number of carboxylic acid groups (broad SMARTS) is 2. The Balaban J connectivity index is 0.000000569. The number of ether oxygens (including phenoxy) is 1. The number of piperidine rings is 1. The van der Waals surface area contributed by atoms with Gasteiger partial charge in [-0.1, -0.05) is 42.5 Å². The molecule has 1 fully saturated rings. The van der Waals surface area contributed by atoms with E-state index >= 15 is 0 Å². The molecule has 0 saturated carbocycles. The summed E-state index contributed by atoms with van der Waals surface area (Å²) in [6.07, 6.45) is 2.06. The van der Waals surface area contributed by atoms with Crippen LogP contribution in [-0.4, -0.2) is 64.6 Å². The van der Waals surface area contributed by atoms with Crippen LogP contribution in [0.3, 0.4) is 0 Å². The summed E-state index contributed by atoms with van der Waals surface area (Å²) in [5, 5.41) is 14.8. The first-order chi connectivity index (χ1) is 15.8. The molecule has 0 aromatic heterocycles. The number of benzene rings is 2. The number of hydrogen-bond donors (Lipinski definition) is 2. The summed E-state index contributed by atoms with van der Waals surface area (Å²) in [6, 6.07) is 18.5. The summed E-state index contributed by atoms with van der Waals surface area (Å²) in [6.45, 7) is 6.14. The third-order valence-corrected chi connectivity index (χ3v) is 5.32. The van der Waals surface area contributed by atoms with Gasteiger partial charge < -0.3 is 19.8 Å². The first-order valence-electron chi connectivity index (χ1n) is 11.0. The van der Waals surface area contributed by atoms with Crippen LogP contribution in [0.2, 0.25) is 0 Å². The number of likely N-dealkylation sites (tertiary alicyclic amines) is 1. The van der Waals surface area contributed by atoms with Gasteiger partial charge in [0.1, 0.15) is 5.75 Å². The first-order valence-corrected chi connectivity index (χ1v) is 11.0. The lowest BCUT2D eigenvalue weighted by Gasteiger charge is -2.34. The van der Waals surface area contributed by atoms with E-state index in [0.717, 1.165) is 38.2 Å². The van der Waals surface area contributed by atoms with Gasteiger partial charge in [-0.25, -0.2) is 9.59 Å². The zero-order chi connectivity index (χ0) is 24.2. The molecule has 2 aromatic carbocycles. The van der Waals surface area contributed by atoms with E-state index < -0.39 is 11.9 Å². The topological polar surface area (TPSA) is 107 Å². The number of amides is 1. The molecule has 3 rings (SSSR count). The predicted octanol–water partition coefficient (Wildman–Crippen LogP) is 3.11. The second-order valence-corrected chi connectivity index (χ2v) is 7.94. The number of carbonyl (C=O) groups excluding carboxylic acids is 1. The van der Waals surface area contributed by atoms with Crippen LogP contribution in [0.1, 0.15) is 30.9 Å². The molecule has 1 aliphatic heterocycles. The lowest BCUT2D eigenvalue weighted by atomic mass is 9.96. The molecule has 33 heavy (non-hydrogen) atoms. The average molecular weight is 457 g/mol. The van der Waals surface area contributed by atoms with E-state index in [1.54, 1.807) is 0 Å². The molecule has 1 aliphatic rings. The van der Waals surface area contributed by atoms with Crippen molar-refractivity contribution in [1.29, 1.82) is 0 Å². The Bertz CT molecular complexity index is 889. The lowest BCUT2D eigenvalue weighted by molar-refractivity contribution is -0.159. The molecular weight excluding hydrogens is 424 g/mol. The van der Waals surface area contributed by atoms with Crippen molar-refractivity contribution >= 4 is 17.8 Å². The Morgan fingerprint density at radius 2 is 1.64 bits per heavy atom. The molecule has 8 heteroatoms. The highest BCUT2D eigenvalue weighted by atomic mass is 16.5. The minimum absolute atomic E-state index is 0.0927. The van der Waals surface area contributed by atoms with Gasteiger partial charge >= 0.3 is 11.9 Å². The van der Waals surface area contributed by atoms with E-state index in [9.17, 15) is 4.79 Å². The summed E-state index contributed by atoms with van der Waals surface area (Å²) >= 11 is 0. The van der Waals surface area contributed by atoms with Crippen molar-refractivity contribution in [3.63, 3.8) is 0 Å². The van der Waals surface area contributed by atoms with E-state index in [2.05, 4.69) is 29.2 Å². The predicted molar refractivity (Wildman–Crippen MR) is 124 cm³/mol. The number of aliphatic carboxylic acids is 2. The third-order valence-electron chi connectivity index (χ3n) is 5.32. The highest BCUT2D eigenvalue weighted by Gasteiger charge is 2.28. The average Bonchev–Trinajstić information content (AvgIpc) is 2.81. The number of rotatable bonds is 7. The van der Waals surface area contributed by atoms with E-state index in [-0.39, 0.29) is 11.8 Å². The van der Waals surface area contributed by atoms with Crippen molar-refractivity contribution in [3.8, 4) is 5.75 Å². The van der Waals surface area contributed by atoms with Gasteiger partial charge in [0.05, 0.1) is 12.5 Å². The number of carboxylic acids is 2. The fraction of sp³-hybridized carbons (Fsp3) is 0.400. The lowest BCUT2D eigenvalue weighted by Crippen LogP contribution is -2.43. The highest BCUT2D eigenvalue weighted by molar-refractivity contribution is 6.27. The van der Waals surface area contributed by atoms with E-state index in [4.69, 9.17) is 24.5 Å². The minimum Gasteiger partial charge on any atom is -0.494 e. The van der Waals surface area contributed by atoms with Gasteiger partial charge in [-0.15, -0.1) is 0 Å². The molecule has 1 unspecified atom stereocenters. The van der Waals surface area contributed by atoms with E-state index in [1.807, 2.05) is 49.2 Å². The van der Waals surface area contributed by atoms with Crippen LogP contribution in [-0.2, 0) is 27.5 Å². The summed E-state index contributed by atoms with van der Waals surface area (Å²) in [5.74, 6) is -2.38. The van der Waals surface area contributed by atoms with Crippen LogP contribution in [0.4, 0.5) is 0 Å². The zero-order valence-electron chi connectivity index (χ0n) is 19.1. The molecule has 0 spiro atoms. The smallest absolute Gasteiger partial charge is 0.414 e. The molecule has 8 nitrogen and oxygen atoms in total. The van der Waals surface area contributed by atoms with Crippen molar-refractivity contribution in [2.75, 3.05) is 26.7 Å². The molecule has 1 atom stereocenters. The van der Waals surface area contributed by atoms with Crippen molar-refractivity contribution < 1.29 is 29.3 Å². The number of carbonyl (C=O) groups is 3. The third kappa shape index (κ3) is 8.94. The molecule has 1 amide bonds. The molecule has 2 N–H and O–H groups in total. The Morgan fingerprint density at radius 1 is 1.00 bits per heavy atom. The van der Waals surface area contributed by atoms with Crippen molar-refractivity contribution in [3.05, 3.63) is 65.7 Å². The number of nitrogens with zero attached hydrogens (tertiary/aromatic N) is 2. The summed E-state index contributed by atoms with van der Waals surface area (Å²) in [7, 11) is 1.92. The normalized spacial score (nSPS) is 15.6. The van der Waals surface area contributed by atoms with Crippen molar-refractivity contribution in [1.82, 2.24) is 9.80 Å². The Morgan fingerprint density at radius 3 is 2.21 bits per heavy atom. The Labute approximate surface area is 194 Å². The van der Waals surface area contributed by atoms with Gasteiger partial charge in [0.25, 0.3) is 0 Å². The molecule has 1 heterocycles. The van der Waals surface area contributed by atoms with Crippen LogP contribution in [0.15, 0.2) is 54.6 Å². The standard InChI is InChI=1S/C23H30N2O2.C2H2O4/c1-3-27-22-13-11-20(12-14-22)17-25-15-7-10-21(18-25)23(26)24(2)16-19-8-5-4-6-9-19;3-1(4)2(5)6/h4-6,8-9,11-14,21H,3,7,10,15-18H2,1-2H3;(H,3,4)(H,5,6). The van der Waals surface area contributed by atoms with Crippen molar-refractivity contribution in [2.45, 2.75) is 32.9 Å². The van der Waals surface area contributed by atoms with Gasteiger partial charge in [0, 0.05) is 26.7 Å². The van der Waals surface area contributed by atoms with Crippen LogP contribution < -0.4 is 4.74 Å². The summed E-state index contributed by atoms with van der Waals surface area (Å²) in [5.41, 5.74) is 2.44. The minimum atomic E-state index is -1.82. The van der Waals surface area contributed by atoms with E-state index in [1.165, 1.54) is 11.1 Å². The SMILES string of the molecule is CCOc1ccc(CN2CCCC(C(=O)N(C)Cc3ccccc3)C2)cc1.O=C(O)C(=O)O. The van der Waals surface area contributed by atoms with E-state index in [0.29, 0.717) is 13.2 Å². The maximum Gasteiger partial charge on any atom is 0.414 e. The summed E-state index contributed by atoms with van der Waals surface area (Å²) in [4.78, 5) is 35.4. The zero-order valence-corrected chi connectivity index (χ0v) is 19.1. The Kier molecular flexibility index (Phi) is 10.4. The highest BCUT2D eigenvalue weighted by Crippen LogP contribution is 2.22. The maximum atomic E-state index is 12.9. The fourth-order valence-corrected chi connectivity index (χ4v) is 3.76. The van der Waals surface area contributed by atoms with Gasteiger partial charge in [-0.3, -0.25) is 9.69 Å². The number of hydrogen-bond acceptors (Lipinski definition) is 5. The van der Waals surface area contributed by atoms with Gasteiger partial charge in [0.15, 0.2) is 0 Å². The van der Waals surface area contributed by atoms with Crippen LogP contribution in [0.5, 0.6) is 5.75 Å². The molecule has 178 valence electrons. The molecular formula is C25H32N2O6. The second-order valence-electron chi connectivity index (χ2n) is 7.94. The van der Waals surface area contributed by atoms with Gasteiger partial charge in [-0.2, -0.15) is 0 Å². The maximum absolute atomic E-state index is 12.9. The summed E-state index contributed by atoms with van der Waals surface area (Å²) < 4.78 is 5.51. The van der Waals surface area contributed by atoms with Crippen LogP contribution in [0, 0.1) is 5.92 Å².